The van der Waals surface area contributed by atoms with Gasteiger partial charge in [-0.2, -0.15) is 0 Å². The smallest absolute Gasteiger partial charge is 0.121 e. The molecule has 2 nitrogen and oxygen atoms in total. The van der Waals surface area contributed by atoms with E-state index in [1.165, 1.54) is 0 Å². The van der Waals surface area contributed by atoms with Crippen molar-refractivity contribution in [3.05, 3.63) is 36.3 Å². The van der Waals surface area contributed by atoms with Crippen LogP contribution in [0.15, 0.2) is 29.2 Å². The molecule has 0 saturated heterocycles. The van der Waals surface area contributed by atoms with Crippen LogP contribution in [0.1, 0.15) is 43.7 Å². The fourth-order valence-electron chi connectivity index (χ4n) is 1.67. The summed E-state index contributed by atoms with van der Waals surface area (Å²) in [5.41, 5.74) is 0. The van der Waals surface area contributed by atoms with Gasteiger partial charge in [0.2, 0.25) is 0 Å². The normalized spacial score (nSPS) is 12.7. The number of hydrogen-bond acceptors (Lipinski definition) is 2. The summed E-state index contributed by atoms with van der Waals surface area (Å²) >= 11 is 0. The number of unbranched alkanes of at least 4 members (excludes halogenated alkanes) is 1. The Balaban J connectivity index is 2.53. The molecule has 2 heteroatoms. The molecule has 1 heterocycles. The molecule has 0 saturated carbocycles. The van der Waals surface area contributed by atoms with Crippen LogP contribution in [-0.4, -0.2) is 7.05 Å². The molecule has 0 spiro atoms. The van der Waals surface area contributed by atoms with E-state index in [0.29, 0.717) is 6.04 Å². The highest BCUT2D eigenvalue weighted by molar-refractivity contribution is 5.10. The van der Waals surface area contributed by atoms with E-state index in [1.807, 2.05) is 13.1 Å². The van der Waals surface area contributed by atoms with Crippen molar-refractivity contribution in [3.8, 4) is 0 Å². The summed E-state index contributed by atoms with van der Waals surface area (Å²) in [6, 6.07) is 4.48. The first-order chi connectivity index (χ1) is 7.31. The van der Waals surface area contributed by atoms with E-state index in [2.05, 4.69) is 31.0 Å². The van der Waals surface area contributed by atoms with Crippen molar-refractivity contribution in [3.63, 3.8) is 0 Å². The van der Waals surface area contributed by atoms with Gasteiger partial charge in [0.15, 0.2) is 0 Å². The van der Waals surface area contributed by atoms with Crippen LogP contribution in [0.2, 0.25) is 0 Å². The molecule has 15 heavy (non-hydrogen) atoms. The minimum absolute atomic E-state index is 0.338. The van der Waals surface area contributed by atoms with Crippen molar-refractivity contribution >= 4 is 0 Å². The lowest BCUT2D eigenvalue weighted by molar-refractivity contribution is 0.390. The Morgan fingerprint density at radius 1 is 1.53 bits per heavy atom. The van der Waals surface area contributed by atoms with Gasteiger partial charge in [0.25, 0.3) is 0 Å². The Morgan fingerprint density at radius 3 is 2.87 bits per heavy atom. The SMILES string of the molecule is C=CCCCC(NC)c1ccc(CC)o1. The Morgan fingerprint density at radius 2 is 2.33 bits per heavy atom. The van der Waals surface area contributed by atoms with E-state index in [0.717, 1.165) is 37.2 Å². The number of hydrogen-bond donors (Lipinski definition) is 1. The molecule has 0 aliphatic heterocycles. The topological polar surface area (TPSA) is 25.2 Å². The molecule has 0 bridgehead atoms. The number of aryl methyl sites for hydroxylation is 1. The molecule has 84 valence electrons. The maximum atomic E-state index is 5.73. The first kappa shape index (κ1) is 12.1. The van der Waals surface area contributed by atoms with Gasteiger partial charge in [-0.3, -0.25) is 0 Å². The van der Waals surface area contributed by atoms with Crippen LogP contribution in [-0.2, 0) is 6.42 Å². The largest absolute Gasteiger partial charge is 0.464 e. The van der Waals surface area contributed by atoms with Gasteiger partial charge < -0.3 is 9.73 Å². The zero-order chi connectivity index (χ0) is 11.1. The standard InChI is InChI=1S/C13H21NO/c1-4-6-7-8-12(14-3)13-10-9-11(5-2)15-13/h4,9-10,12,14H,1,5-8H2,2-3H3. The fourth-order valence-corrected chi connectivity index (χ4v) is 1.67. The lowest BCUT2D eigenvalue weighted by Gasteiger charge is -2.12. The Kier molecular flexibility index (Phi) is 5.19. The van der Waals surface area contributed by atoms with Crippen molar-refractivity contribution in [1.29, 1.82) is 0 Å². The van der Waals surface area contributed by atoms with Crippen molar-refractivity contribution in [1.82, 2.24) is 5.32 Å². The minimum Gasteiger partial charge on any atom is -0.464 e. The first-order valence-electron chi connectivity index (χ1n) is 5.68. The summed E-state index contributed by atoms with van der Waals surface area (Å²) in [6.45, 7) is 5.84. The van der Waals surface area contributed by atoms with Gasteiger partial charge in [0.05, 0.1) is 6.04 Å². The van der Waals surface area contributed by atoms with Gasteiger partial charge >= 0.3 is 0 Å². The second kappa shape index (κ2) is 6.46. The molecule has 1 aromatic rings. The average Bonchev–Trinajstić information content (AvgIpc) is 2.73. The summed E-state index contributed by atoms with van der Waals surface area (Å²) in [6.07, 6.45) is 6.24. The molecular weight excluding hydrogens is 186 g/mol. The maximum absolute atomic E-state index is 5.73. The number of allylic oxidation sites excluding steroid dienone is 1. The Hall–Kier alpha value is -1.02. The van der Waals surface area contributed by atoms with Gasteiger partial charge in [-0.1, -0.05) is 13.0 Å². The van der Waals surface area contributed by atoms with Gasteiger partial charge in [-0.25, -0.2) is 0 Å². The molecular formula is C13H21NO. The number of nitrogens with one attached hydrogen (secondary N) is 1. The zero-order valence-corrected chi connectivity index (χ0v) is 9.75. The second-order valence-corrected chi connectivity index (χ2v) is 3.72. The highest BCUT2D eigenvalue weighted by Crippen LogP contribution is 2.21. The van der Waals surface area contributed by atoms with Gasteiger partial charge in [-0.05, 0) is 38.4 Å². The fraction of sp³-hybridized carbons (Fsp3) is 0.538. The van der Waals surface area contributed by atoms with E-state index >= 15 is 0 Å². The van der Waals surface area contributed by atoms with Gasteiger partial charge in [-0.15, -0.1) is 6.58 Å². The molecule has 0 aliphatic rings. The lowest BCUT2D eigenvalue weighted by atomic mass is 10.1. The van der Waals surface area contributed by atoms with Gasteiger partial charge in [0.1, 0.15) is 11.5 Å². The molecule has 0 radical (unpaired) electrons. The predicted octanol–water partition coefficient (Wildman–Crippen LogP) is 3.46. The summed E-state index contributed by atoms with van der Waals surface area (Å²) in [4.78, 5) is 0. The molecule has 1 rings (SSSR count). The molecule has 1 atom stereocenters. The first-order valence-corrected chi connectivity index (χ1v) is 5.68. The van der Waals surface area contributed by atoms with E-state index < -0.39 is 0 Å². The summed E-state index contributed by atoms with van der Waals surface area (Å²) in [5, 5.41) is 3.29. The highest BCUT2D eigenvalue weighted by atomic mass is 16.3. The summed E-state index contributed by atoms with van der Waals surface area (Å²) in [7, 11) is 1.98. The van der Waals surface area contributed by atoms with Crippen LogP contribution < -0.4 is 5.32 Å². The monoisotopic (exact) mass is 207 g/mol. The van der Waals surface area contributed by atoms with E-state index in [1.54, 1.807) is 0 Å². The van der Waals surface area contributed by atoms with Crippen molar-refractivity contribution in [2.24, 2.45) is 0 Å². The van der Waals surface area contributed by atoms with Crippen LogP contribution in [0.25, 0.3) is 0 Å². The van der Waals surface area contributed by atoms with Crippen molar-refractivity contribution in [2.45, 2.75) is 38.6 Å². The van der Waals surface area contributed by atoms with E-state index in [9.17, 15) is 0 Å². The molecule has 0 amide bonds. The number of rotatable bonds is 7. The van der Waals surface area contributed by atoms with Crippen LogP contribution >= 0.6 is 0 Å². The molecule has 1 aromatic heterocycles. The van der Waals surface area contributed by atoms with Crippen LogP contribution in [0.3, 0.4) is 0 Å². The van der Waals surface area contributed by atoms with Gasteiger partial charge in [0, 0.05) is 6.42 Å². The van der Waals surface area contributed by atoms with E-state index in [-0.39, 0.29) is 0 Å². The second-order valence-electron chi connectivity index (χ2n) is 3.72. The maximum Gasteiger partial charge on any atom is 0.121 e. The minimum atomic E-state index is 0.338. The summed E-state index contributed by atoms with van der Waals surface area (Å²) in [5.74, 6) is 2.12. The van der Waals surface area contributed by atoms with E-state index in [4.69, 9.17) is 4.42 Å². The van der Waals surface area contributed by atoms with Crippen LogP contribution in [0.4, 0.5) is 0 Å². The molecule has 0 aromatic carbocycles. The highest BCUT2D eigenvalue weighted by Gasteiger charge is 2.12. The molecule has 0 fully saturated rings. The molecule has 1 N–H and O–H groups in total. The average molecular weight is 207 g/mol. The third-order valence-electron chi connectivity index (χ3n) is 2.62. The summed E-state index contributed by atoms with van der Waals surface area (Å²) < 4.78 is 5.73. The number of furan rings is 1. The Bertz CT molecular complexity index is 290. The van der Waals surface area contributed by atoms with Crippen molar-refractivity contribution in [2.75, 3.05) is 7.05 Å². The Labute approximate surface area is 92.4 Å². The predicted molar refractivity (Wildman–Crippen MR) is 63.9 cm³/mol. The molecule has 1 unspecified atom stereocenters. The molecule has 0 aliphatic carbocycles. The van der Waals surface area contributed by atoms with Crippen LogP contribution in [0.5, 0.6) is 0 Å². The zero-order valence-electron chi connectivity index (χ0n) is 9.75. The third-order valence-corrected chi connectivity index (χ3v) is 2.62. The quantitative estimate of drug-likeness (QED) is 0.547. The van der Waals surface area contributed by atoms with Crippen LogP contribution in [0, 0.1) is 0 Å². The van der Waals surface area contributed by atoms with Crippen molar-refractivity contribution < 1.29 is 4.42 Å². The lowest BCUT2D eigenvalue weighted by Crippen LogP contribution is -2.15. The third kappa shape index (κ3) is 3.56.